The molecule has 0 aliphatic rings. The summed E-state index contributed by atoms with van der Waals surface area (Å²) in [7, 11) is 1.54. The van der Waals surface area contributed by atoms with Gasteiger partial charge in [-0.25, -0.2) is 9.63 Å². The van der Waals surface area contributed by atoms with Crippen molar-refractivity contribution in [2.24, 2.45) is 0 Å². The van der Waals surface area contributed by atoms with Crippen LogP contribution >= 0.6 is 0 Å². The van der Waals surface area contributed by atoms with E-state index in [-0.39, 0.29) is 0 Å². The van der Waals surface area contributed by atoms with Gasteiger partial charge < -0.3 is 9.57 Å². The standard InChI is InChI=1S/C14H19NO5/c1-4-5-10-19-15(20-11(2)16)14(17)12-6-8-13(18-3)9-7-12/h6-9H,4-5,10H2,1-3H3. The summed E-state index contributed by atoms with van der Waals surface area (Å²) < 4.78 is 5.01. The summed E-state index contributed by atoms with van der Waals surface area (Å²) in [5, 5.41) is 0.625. The lowest BCUT2D eigenvalue weighted by atomic mass is 10.2. The molecule has 0 aromatic heterocycles. The van der Waals surface area contributed by atoms with Gasteiger partial charge in [-0.15, -0.1) is 0 Å². The lowest BCUT2D eigenvalue weighted by molar-refractivity contribution is -0.307. The first-order chi connectivity index (χ1) is 9.58. The third-order valence-corrected chi connectivity index (χ3v) is 2.42. The highest BCUT2D eigenvalue weighted by atomic mass is 17.0. The lowest BCUT2D eigenvalue weighted by Crippen LogP contribution is -2.33. The third kappa shape index (κ3) is 4.89. The van der Waals surface area contributed by atoms with Crippen molar-refractivity contribution in [1.82, 2.24) is 5.23 Å². The van der Waals surface area contributed by atoms with Gasteiger partial charge in [-0.05, 0) is 35.9 Å². The largest absolute Gasteiger partial charge is 0.497 e. The summed E-state index contributed by atoms with van der Waals surface area (Å²) in [6.45, 7) is 3.49. The predicted octanol–water partition coefficient (Wildman–Crippen LogP) is 2.35. The van der Waals surface area contributed by atoms with Crippen LogP contribution < -0.4 is 4.74 Å². The monoisotopic (exact) mass is 281 g/mol. The Morgan fingerprint density at radius 3 is 2.35 bits per heavy atom. The predicted molar refractivity (Wildman–Crippen MR) is 71.8 cm³/mol. The van der Waals surface area contributed by atoms with E-state index in [1.54, 1.807) is 24.3 Å². The van der Waals surface area contributed by atoms with E-state index in [9.17, 15) is 9.59 Å². The number of carbonyl (C=O) groups excluding carboxylic acids is 2. The Hall–Kier alpha value is -2.08. The molecule has 6 nitrogen and oxygen atoms in total. The van der Waals surface area contributed by atoms with Gasteiger partial charge in [0.1, 0.15) is 5.75 Å². The molecule has 0 heterocycles. The van der Waals surface area contributed by atoms with Crippen LogP contribution in [0.3, 0.4) is 0 Å². The van der Waals surface area contributed by atoms with Crippen LogP contribution in [0.2, 0.25) is 0 Å². The molecule has 1 rings (SSSR count). The highest BCUT2D eigenvalue weighted by Crippen LogP contribution is 2.14. The first kappa shape index (κ1) is 16.0. The van der Waals surface area contributed by atoms with Gasteiger partial charge in [-0.1, -0.05) is 13.3 Å². The average Bonchev–Trinajstić information content (AvgIpc) is 2.45. The minimum Gasteiger partial charge on any atom is -0.497 e. The van der Waals surface area contributed by atoms with Crippen molar-refractivity contribution in [3.05, 3.63) is 29.8 Å². The van der Waals surface area contributed by atoms with E-state index in [0.29, 0.717) is 23.1 Å². The Morgan fingerprint density at radius 2 is 1.85 bits per heavy atom. The van der Waals surface area contributed by atoms with Crippen LogP contribution in [-0.4, -0.2) is 30.8 Å². The van der Waals surface area contributed by atoms with Gasteiger partial charge in [0.2, 0.25) is 0 Å². The molecular weight excluding hydrogens is 262 g/mol. The first-order valence-electron chi connectivity index (χ1n) is 6.38. The number of methoxy groups -OCH3 is 1. The molecule has 1 amide bonds. The van der Waals surface area contributed by atoms with Gasteiger partial charge in [0.15, 0.2) is 0 Å². The quantitative estimate of drug-likeness (QED) is 0.591. The molecule has 0 aliphatic heterocycles. The van der Waals surface area contributed by atoms with Crippen molar-refractivity contribution in [3.63, 3.8) is 0 Å². The minimum absolute atomic E-state index is 0.297. The first-order valence-corrected chi connectivity index (χ1v) is 6.38. The molecule has 0 bridgehead atoms. The van der Waals surface area contributed by atoms with Crippen LogP contribution in [0.5, 0.6) is 5.75 Å². The van der Waals surface area contributed by atoms with Crippen LogP contribution in [0.25, 0.3) is 0 Å². The molecule has 0 unspecified atom stereocenters. The van der Waals surface area contributed by atoms with Gasteiger partial charge >= 0.3 is 11.9 Å². The number of amides is 1. The maximum absolute atomic E-state index is 12.2. The summed E-state index contributed by atoms with van der Waals surface area (Å²) in [4.78, 5) is 33.1. The zero-order valence-corrected chi connectivity index (χ0v) is 11.9. The van der Waals surface area contributed by atoms with E-state index in [0.717, 1.165) is 12.8 Å². The third-order valence-electron chi connectivity index (χ3n) is 2.42. The van der Waals surface area contributed by atoms with Crippen molar-refractivity contribution in [2.75, 3.05) is 13.7 Å². The van der Waals surface area contributed by atoms with E-state index in [4.69, 9.17) is 14.4 Å². The van der Waals surface area contributed by atoms with Gasteiger partial charge in [-0.3, -0.25) is 4.79 Å². The number of hydroxylamine groups is 2. The lowest BCUT2D eigenvalue weighted by Gasteiger charge is -2.19. The van der Waals surface area contributed by atoms with Crippen LogP contribution in [-0.2, 0) is 14.5 Å². The highest BCUT2D eigenvalue weighted by Gasteiger charge is 2.20. The molecule has 1 aromatic carbocycles. The van der Waals surface area contributed by atoms with E-state index in [1.165, 1.54) is 14.0 Å². The summed E-state index contributed by atoms with van der Waals surface area (Å²) in [5.41, 5.74) is 0.337. The van der Waals surface area contributed by atoms with Crippen molar-refractivity contribution >= 4 is 11.9 Å². The Morgan fingerprint density at radius 1 is 1.20 bits per heavy atom. The molecule has 0 aliphatic carbocycles. The molecule has 6 heteroatoms. The molecule has 0 saturated heterocycles. The minimum atomic E-state index is -0.622. The van der Waals surface area contributed by atoms with Crippen LogP contribution in [0.1, 0.15) is 37.0 Å². The summed E-state index contributed by atoms with van der Waals surface area (Å²) in [5.74, 6) is -0.533. The normalized spacial score (nSPS) is 9.95. The molecule has 0 fully saturated rings. The number of unbranched alkanes of at least 4 members (excludes halogenated alkanes) is 1. The number of hydrogen-bond acceptors (Lipinski definition) is 5. The molecule has 0 atom stereocenters. The molecular formula is C14H19NO5. The Bertz CT molecular complexity index is 443. The number of rotatable bonds is 6. The maximum Gasteiger partial charge on any atom is 0.332 e. The molecule has 0 radical (unpaired) electrons. The smallest absolute Gasteiger partial charge is 0.332 e. The summed E-state index contributed by atoms with van der Waals surface area (Å²) >= 11 is 0. The summed E-state index contributed by atoms with van der Waals surface area (Å²) in [6, 6.07) is 6.43. The molecule has 1 aromatic rings. The maximum atomic E-state index is 12.2. The molecule has 0 saturated carbocycles. The van der Waals surface area contributed by atoms with Crippen molar-refractivity contribution in [3.8, 4) is 5.75 Å². The highest BCUT2D eigenvalue weighted by molar-refractivity contribution is 5.93. The van der Waals surface area contributed by atoms with Gasteiger partial charge in [0.25, 0.3) is 0 Å². The fourth-order valence-electron chi connectivity index (χ4n) is 1.37. The second-order valence-corrected chi connectivity index (χ2v) is 4.06. The summed E-state index contributed by atoms with van der Waals surface area (Å²) in [6.07, 6.45) is 1.66. The number of nitrogens with zero attached hydrogens (tertiary/aromatic N) is 1. The van der Waals surface area contributed by atoms with Crippen LogP contribution in [0, 0.1) is 0 Å². The number of benzene rings is 1. The number of carbonyl (C=O) groups is 2. The van der Waals surface area contributed by atoms with Crippen LogP contribution in [0.4, 0.5) is 0 Å². The molecule has 20 heavy (non-hydrogen) atoms. The Kier molecular flexibility index (Phi) is 6.52. The second-order valence-electron chi connectivity index (χ2n) is 4.06. The second kappa shape index (κ2) is 8.16. The van der Waals surface area contributed by atoms with E-state index in [2.05, 4.69) is 0 Å². The Labute approximate surface area is 118 Å². The van der Waals surface area contributed by atoms with Gasteiger partial charge in [-0.2, -0.15) is 0 Å². The van der Waals surface area contributed by atoms with Gasteiger partial charge in [0, 0.05) is 12.5 Å². The van der Waals surface area contributed by atoms with E-state index in [1.807, 2.05) is 6.92 Å². The van der Waals surface area contributed by atoms with E-state index < -0.39 is 11.9 Å². The number of ether oxygens (including phenoxy) is 1. The van der Waals surface area contributed by atoms with Crippen molar-refractivity contribution < 1.29 is 24.0 Å². The average molecular weight is 281 g/mol. The van der Waals surface area contributed by atoms with Crippen LogP contribution in [0.15, 0.2) is 24.3 Å². The zero-order chi connectivity index (χ0) is 15.0. The fourth-order valence-corrected chi connectivity index (χ4v) is 1.37. The Balaban J connectivity index is 2.76. The SMILES string of the molecule is CCCCON(OC(C)=O)C(=O)c1ccc(OC)cc1. The van der Waals surface area contributed by atoms with E-state index >= 15 is 0 Å². The topological polar surface area (TPSA) is 65.1 Å². The molecule has 0 N–H and O–H groups in total. The molecule has 110 valence electrons. The zero-order valence-electron chi connectivity index (χ0n) is 11.9. The molecule has 0 spiro atoms. The van der Waals surface area contributed by atoms with Gasteiger partial charge in [0.05, 0.1) is 13.7 Å². The van der Waals surface area contributed by atoms with Crippen molar-refractivity contribution in [1.29, 1.82) is 0 Å². The number of hydrogen-bond donors (Lipinski definition) is 0. The fraction of sp³-hybridized carbons (Fsp3) is 0.429. The van der Waals surface area contributed by atoms with Crippen molar-refractivity contribution in [2.45, 2.75) is 26.7 Å².